The van der Waals surface area contributed by atoms with Crippen LogP contribution in [0.15, 0.2) is 48.5 Å². The fourth-order valence-electron chi connectivity index (χ4n) is 3.86. The van der Waals surface area contributed by atoms with E-state index in [0.717, 1.165) is 36.4 Å². The highest BCUT2D eigenvalue weighted by molar-refractivity contribution is 5.91. The van der Waals surface area contributed by atoms with E-state index in [0.29, 0.717) is 20.0 Å². The Morgan fingerprint density at radius 3 is 2.41 bits per heavy atom. The Hall–Kier alpha value is -2.71. The average molecular weight is 448 g/mol. The van der Waals surface area contributed by atoms with Gasteiger partial charge in [0, 0.05) is 56.9 Å². The SMILES string of the molecule is Cc1ccc(NC(=O)CC(CO)N2CCCN(c3ccc(OC(C)(F)F)cc3)CC2)cc1. The van der Waals surface area contributed by atoms with Gasteiger partial charge in [-0.25, -0.2) is 0 Å². The van der Waals surface area contributed by atoms with Crippen molar-refractivity contribution in [3.05, 3.63) is 54.1 Å². The summed E-state index contributed by atoms with van der Waals surface area (Å²) < 4.78 is 30.6. The van der Waals surface area contributed by atoms with Gasteiger partial charge in [-0.05, 0) is 49.7 Å². The molecule has 1 saturated heterocycles. The molecule has 8 heteroatoms. The van der Waals surface area contributed by atoms with Gasteiger partial charge in [0.1, 0.15) is 5.75 Å². The number of carbonyl (C=O) groups excluding carboxylic acids is 1. The van der Waals surface area contributed by atoms with Gasteiger partial charge < -0.3 is 20.1 Å². The summed E-state index contributed by atoms with van der Waals surface area (Å²) in [7, 11) is 0. The van der Waals surface area contributed by atoms with E-state index >= 15 is 0 Å². The summed E-state index contributed by atoms with van der Waals surface area (Å²) in [6.07, 6.45) is -2.14. The molecular formula is C24H31F2N3O3. The van der Waals surface area contributed by atoms with Crippen LogP contribution in [-0.2, 0) is 4.79 Å². The number of aryl methyl sites for hydroxylation is 1. The summed E-state index contributed by atoms with van der Waals surface area (Å²) in [6, 6.07) is 14.0. The highest BCUT2D eigenvalue weighted by atomic mass is 19.3. The summed E-state index contributed by atoms with van der Waals surface area (Å²) in [5.41, 5.74) is 2.79. The number of amides is 1. The van der Waals surface area contributed by atoms with E-state index in [2.05, 4.69) is 19.9 Å². The van der Waals surface area contributed by atoms with Gasteiger partial charge in [-0.2, -0.15) is 8.78 Å². The number of hydrogen-bond acceptors (Lipinski definition) is 5. The molecule has 1 aliphatic heterocycles. The van der Waals surface area contributed by atoms with Gasteiger partial charge in [0.2, 0.25) is 5.91 Å². The Bertz CT molecular complexity index is 870. The summed E-state index contributed by atoms with van der Waals surface area (Å²) in [6.45, 7) is 5.56. The standard InChI is InChI=1S/C24H31F2N3O3/c1-18-4-6-19(7-5-18)27-23(31)16-21(17-30)29-13-3-12-28(14-15-29)20-8-10-22(11-9-20)32-24(2,25)26/h4-11,21,30H,3,12-17H2,1-2H3,(H,27,31). The van der Waals surface area contributed by atoms with E-state index in [1.165, 1.54) is 0 Å². The highest BCUT2D eigenvalue weighted by Gasteiger charge is 2.25. The average Bonchev–Trinajstić information content (AvgIpc) is 2.99. The zero-order chi connectivity index (χ0) is 23.1. The minimum atomic E-state index is -3.21. The Labute approximate surface area is 187 Å². The predicted molar refractivity (Wildman–Crippen MR) is 121 cm³/mol. The maximum atomic E-state index is 13.0. The zero-order valence-electron chi connectivity index (χ0n) is 18.6. The molecule has 0 spiro atoms. The van der Waals surface area contributed by atoms with E-state index in [-0.39, 0.29) is 30.7 Å². The third-order valence-electron chi connectivity index (χ3n) is 5.51. The number of nitrogens with zero attached hydrogens (tertiary/aromatic N) is 2. The van der Waals surface area contributed by atoms with E-state index in [1.54, 1.807) is 24.3 Å². The van der Waals surface area contributed by atoms with Gasteiger partial charge in [0.15, 0.2) is 0 Å². The van der Waals surface area contributed by atoms with Crippen molar-refractivity contribution in [2.45, 2.75) is 38.8 Å². The molecule has 6 nitrogen and oxygen atoms in total. The van der Waals surface area contributed by atoms with Gasteiger partial charge >= 0.3 is 6.11 Å². The van der Waals surface area contributed by atoms with Crippen molar-refractivity contribution in [1.82, 2.24) is 4.90 Å². The lowest BCUT2D eigenvalue weighted by molar-refractivity contribution is -0.158. The second-order valence-corrected chi connectivity index (χ2v) is 8.24. The first-order chi connectivity index (χ1) is 15.2. The smallest absolute Gasteiger partial charge is 0.394 e. The van der Waals surface area contributed by atoms with Gasteiger partial charge in [-0.15, -0.1) is 0 Å². The summed E-state index contributed by atoms with van der Waals surface area (Å²) in [4.78, 5) is 16.8. The molecule has 1 unspecified atom stereocenters. The van der Waals surface area contributed by atoms with Crippen LogP contribution in [0.1, 0.15) is 25.3 Å². The van der Waals surface area contributed by atoms with Crippen molar-refractivity contribution in [2.75, 3.05) is 43.0 Å². The lowest BCUT2D eigenvalue weighted by atomic mass is 10.1. The molecule has 1 atom stereocenters. The Balaban J connectivity index is 1.54. The minimum absolute atomic E-state index is 0.0986. The van der Waals surface area contributed by atoms with E-state index in [1.807, 2.05) is 31.2 Å². The molecule has 0 aliphatic carbocycles. The molecule has 0 aromatic heterocycles. The summed E-state index contributed by atoms with van der Waals surface area (Å²) >= 11 is 0. The molecule has 1 fully saturated rings. The molecule has 0 bridgehead atoms. The maximum absolute atomic E-state index is 13.0. The van der Waals surface area contributed by atoms with Crippen LogP contribution in [0.2, 0.25) is 0 Å². The number of ether oxygens (including phenoxy) is 1. The first-order valence-electron chi connectivity index (χ1n) is 10.9. The molecule has 1 amide bonds. The van der Waals surface area contributed by atoms with Crippen molar-refractivity contribution >= 4 is 17.3 Å². The van der Waals surface area contributed by atoms with Crippen molar-refractivity contribution in [2.24, 2.45) is 0 Å². The molecule has 1 heterocycles. The number of aliphatic hydroxyl groups excluding tert-OH is 1. The molecular weight excluding hydrogens is 416 g/mol. The largest absolute Gasteiger partial charge is 0.433 e. The Morgan fingerprint density at radius 2 is 1.78 bits per heavy atom. The normalized spacial score (nSPS) is 16.3. The van der Waals surface area contributed by atoms with Crippen LogP contribution in [0, 0.1) is 6.92 Å². The monoisotopic (exact) mass is 447 g/mol. The predicted octanol–water partition coefficient (Wildman–Crippen LogP) is 3.89. The first kappa shape index (κ1) is 23.9. The Morgan fingerprint density at radius 1 is 1.09 bits per heavy atom. The van der Waals surface area contributed by atoms with Crippen LogP contribution < -0.4 is 15.0 Å². The van der Waals surface area contributed by atoms with Crippen molar-refractivity contribution in [3.63, 3.8) is 0 Å². The highest BCUT2D eigenvalue weighted by Crippen LogP contribution is 2.25. The molecule has 2 N–H and O–H groups in total. The molecule has 1 aliphatic rings. The number of carbonyl (C=O) groups is 1. The van der Waals surface area contributed by atoms with Crippen LogP contribution >= 0.6 is 0 Å². The van der Waals surface area contributed by atoms with Crippen molar-refractivity contribution in [3.8, 4) is 5.75 Å². The van der Waals surface area contributed by atoms with Gasteiger partial charge in [-0.3, -0.25) is 9.69 Å². The molecule has 3 rings (SSSR count). The van der Waals surface area contributed by atoms with E-state index < -0.39 is 6.11 Å². The summed E-state index contributed by atoms with van der Waals surface area (Å²) in [5.74, 6) is -0.00467. The van der Waals surface area contributed by atoms with Crippen LogP contribution in [0.25, 0.3) is 0 Å². The number of nitrogens with one attached hydrogen (secondary N) is 1. The second kappa shape index (κ2) is 10.7. The van der Waals surface area contributed by atoms with Gasteiger partial charge in [0.25, 0.3) is 0 Å². The number of rotatable bonds is 8. The third-order valence-corrected chi connectivity index (χ3v) is 5.51. The van der Waals surface area contributed by atoms with Crippen LogP contribution in [0.4, 0.5) is 20.2 Å². The van der Waals surface area contributed by atoms with Crippen LogP contribution in [0.5, 0.6) is 5.75 Å². The van der Waals surface area contributed by atoms with E-state index in [4.69, 9.17) is 0 Å². The second-order valence-electron chi connectivity index (χ2n) is 8.24. The molecule has 0 saturated carbocycles. The first-order valence-corrected chi connectivity index (χ1v) is 10.9. The number of aliphatic hydroxyl groups is 1. The fourth-order valence-corrected chi connectivity index (χ4v) is 3.86. The Kier molecular flexibility index (Phi) is 8.04. The van der Waals surface area contributed by atoms with Crippen molar-refractivity contribution in [1.29, 1.82) is 0 Å². The number of anilines is 2. The number of hydrogen-bond donors (Lipinski definition) is 2. The topological polar surface area (TPSA) is 65.0 Å². The maximum Gasteiger partial charge on any atom is 0.394 e. The van der Waals surface area contributed by atoms with Crippen molar-refractivity contribution < 1.29 is 23.4 Å². The molecule has 2 aromatic rings. The van der Waals surface area contributed by atoms with Gasteiger partial charge in [0.05, 0.1) is 6.61 Å². The van der Waals surface area contributed by atoms with Gasteiger partial charge in [-0.1, -0.05) is 17.7 Å². The molecule has 174 valence electrons. The molecule has 2 aromatic carbocycles. The number of benzene rings is 2. The lowest BCUT2D eigenvalue weighted by Crippen LogP contribution is -2.42. The lowest BCUT2D eigenvalue weighted by Gasteiger charge is -2.29. The van der Waals surface area contributed by atoms with Crippen LogP contribution in [0.3, 0.4) is 0 Å². The third kappa shape index (κ3) is 7.17. The zero-order valence-corrected chi connectivity index (χ0v) is 18.6. The molecule has 0 radical (unpaired) electrons. The summed E-state index contributed by atoms with van der Waals surface area (Å²) in [5, 5.41) is 12.8. The van der Waals surface area contributed by atoms with Crippen LogP contribution in [-0.4, -0.2) is 60.8 Å². The van der Waals surface area contributed by atoms with E-state index in [9.17, 15) is 18.7 Å². The molecule has 32 heavy (non-hydrogen) atoms. The number of alkyl halides is 2. The quantitative estimate of drug-likeness (QED) is 0.643. The number of halogens is 2. The fraction of sp³-hybridized carbons (Fsp3) is 0.458. The minimum Gasteiger partial charge on any atom is -0.433 e.